The summed E-state index contributed by atoms with van der Waals surface area (Å²) < 4.78 is 0. The van der Waals surface area contributed by atoms with E-state index in [0.717, 1.165) is 51.3 Å². The topological polar surface area (TPSA) is 43.8 Å². The van der Waals surface area contributed by atoms with Crippen LogP contribution in [0.5, 0.6) is 0 Å². The molecule has 4 nitrogen and oxygen atoms in total. The predicted octanol–water partition coefficient (Wildman–Crippen LogP) is 1.51. The molecule has 1 unspecified atom stereocenters. The third kappa shape index (κ3) is 4.92. The number of Topliss-reactive ketones (excluding diaryl/α,β-unsaturated/α-hetero) is 1. The maximum atomic E-state index is 12.4. The van der Waals surface area contributed by atoms with Crippen LogP contribution in [0.1, 0.15) is 23.7 Å². The molecule has 0 saturated carbocycles. The van der Waals surface area contributed by atoms with Crippen molar-refractivity contribution in [1.82, 2.24) is 9.80 Å². The summed E-state index contributed by atoms with van der Waals surface area (Å²) in [5.74, 6) is 0.254. The average Bonchev–Trinajstić information content (AvgIpc) is 2.73. The molecule has 4 heteroatoms. The second-order valence-electron chi connectivity index (χ2n) is 5.85. The largest absolute Gasteiger partial charge is 0.395 e. The minimum atomic E-state index is 0.0248. The monoisotopic (exact) mass is 290 g/mol. The van der Waals surface area contributed by atoms with Gasteiger partial charge in [-0.15, -0.1) is 0 Å². The van der Waals surface area contributed by atoms with E-state index in [0.29, 0.717) is 0 Å². The van der Waals surface area contributed by atoms with E-state index in [2.05, 4.69) is 9.80 Å². The molecular formula is C17H26N2O2. The van der Waals surface area contributed by atoms with Gasteiger partial charge in [0, 0.05) is 37.7 Å². The van der Waals surface area contributed by atoms with Crippen LogP contribution in [0.15, 0.2) is 30.3 Å². The molecule has 0 radical (unpaired) electrons. The molecule has 0 aromatic heterocycles. The number of rotatable bonds is 6. The molecule has 1 heterocycles. The molecule has 21 heavy (non-hydrogen) atoms. The lowest BCUT2D eigenvalue weighted by molar-refractivity contribution is 0.0895. The van der Waals surface area contributed by atoms with Crippen LogP contribution in [-0.2, 0) is 0 Å². The molecule has 1 N–H and O–H groups in total. The van der Waals surface area contributed by atoms with E-state index in [1.807, 2.05) is 37.3 Å². The minimum absolute atomic E-state index is 0.0248. The number of aliphatic hydroxyl groups excluding tert-OH is 1. The molecule has 0 spiro atoms. The highest BCUT2D eigenvalue weighted by molar-refractivity contribution is 5.97. The van der Waals surface area contributed by atoms with Crippen LogP contribution >= 0.6 is 0 Å². The van der Waals surface area contributed by atoms with Gasteiger partial charge in [0.05, 0.1) is 6.61 Å². The van der Waals surface area contributed by atoms with Crippen LogP contribution in [0.3, 0.4) is 0 Å². The fraction of sp³-hybridized carbons (Fsp3) is 0.588. The minimum Gasteiger partial charge on any atom is -0.395 e. The number of carbonyl (C=O) groups is 1. The Morgan fingerprint density at radius 1 is 1.14 bits per heavy atom. The van der Waals surface area contributed by atoms with E-state index < -0.39 is 0 Å². The van der Waals surface area contributed by atoms with Crippen molar-refractivity contribution in [1.29, 1.82) is 0 Å². The summed E-state index contributed by atoms with van der Waals surface area (Å²) in [7, 11) is 0. The summed E-state index contributed by atoms with van der Waals surface area (Å²) in [5, 5.41) is 9.02. The Morgan fingerprint density at radius 3 is 2.52 bits per heavy atom. The lowest BCUT2D eigenvalue weighted by Gasteiger charge is -2.24. The molecule has 2 rings (SSSR count). The first-order valence-electron chi connectivity index (χ1n) is 7.85. The highest BCUT2D eigenvalue weighted by atomic mass is 16.3. The first-order valence-corrected chi connectivity index (χ1v) is 7.85. The Balaban J connectivity index is 1.85. The molecule has 1 aromatic rings. The van der Waals surface area contributed by atoms with Crippen LogP contribution in [0.4, 0.5) is 0 Å². The number of carbonyl (C=O) groups excluding carboxylic acids is 1. The smallest absolute Gasteiger partial charge is 0.166 e. The Kier molecular flexibility index (Phi) is 6.36. The molecule has 1 aliphatic rings. The van der Waals surface area contributed by atoms with Gasteiger partial charge in [-0.1, -0.05) is 37.3 Å². The maximum Gasteiger partial charge on any atom is 0.166 e. The Morgan fingerprint density at radius 2 is 1.81 bits per heavy atom. The van der Waals surface area contributed by atoms with Crippen LogP contribution in [-0.4, -0.2) is 66.6 Å². The van der Waals surface area contributed by atoms with Gasteiger partial charge in [-0.3, -0.25) is 9.69 Å². The normalized spacial score (nSPS) is 19.1. The van der Waals surface area contributed by atoms with Crippen molar-refractivity contribution in [2.24, 2.45) is 5.92 Å². The van der Waals surface area contributed by atoms with Gasteiger partial charge in [0.1, 0.15) is 0 Å². The maximum absolute atomic E-state index is 12.4. The van der Waals surface area contributed by atoms with Crippen LogP contribution in [0, 0.1) is 5.92 Å². The molecule has 116 valence electrons. The van der Waals surface area contributed by atoms with Crippen molar-refractivity contribution in [2.75, 3.05) is 45.9 Å². The average molecular weight is 290 g/mol. The predicted molar refractivity (Wildman–Crippen MR) is 84.5 cm³/mol. The third-order valence-corrected chi connectivity index (χ3v) is 4.14. The summed E-state index contributed by atoms with van der Waals surface area (Å²) in [5.41, 5.74) is 0.807. The lowest BCUT2D eigenvalue weighted by atomic mass is 9.99. The van der Waals surface area contributed by atoms with Gasteiger partial charge >= 0.3 is 0 Å². The first kappa shape index (κ1) is 16.1. The lowest BCUT2D eigenvalue weighted by Crippen LogP contribution is -2.36. The van der Waals surface area contributed by atoms with E-state index in [9.17, 15) is 4.79 Å². The van der Waals surface area contributed by atoms with Crippen molar-refractivity contribution in [2.45, 2.75) is 13.3 Å². The van der Waals surface area contributed by atoms with E-state index in [1.165, 1.54) is 0 Å². The molecule has 0 amide bonds. The first-order chi connectivity index (χ1) is 10.2. The van der Waals surface area contributed by atoms with Crippen LogP contribution in [0.25, 0.3) is 0 Å². The summed E-state index contributed by atoms with van der Waals surface area (Å²) in [6.07, 6.45) is 1.10. The molecule has 1 saturated heterocycles. The van der Waals surface area contributed by atoms with Gasteiger partial charge in [-0.25, -0.2) is 0 Å². The highest BCUT2D eigenvalue weighted by Crippen LogP contribution is 2.12. The van der Waals surface area contributed by atoms with Crippen molar-refractivity contribution in [3.63, 3.8) is 0 Å². The van der Waals surface area contributed by atoms with E-state index in [-0.39, 0.29) is 18.3 Å². The molecule has 0 bridgehead atoms. The molecule has 0 aliphatic carbocycles. The van der Waals surface area contributed by atoms with Crippen molar-refractivity contribution in [3.05, 3.63) is 35.9 Å². The van der Waals surface area contributed by atoms with Gasteiger partial charge in [-0.2, -0.15) is 0 Å². The Bertz CT molecular complexity index is 436. The molecule has 1 fully saturated rings. The van der Waals surface area contributed by atoms with Crippen molar-refractivity contribution < 1.29 is 9.90 Å². The molecule has 1 atom stereocenters. The summed E-state index contributed by atoms with van der Waals surface area (Å²) in [6.45, 7) is 7.85. The van der Waals surface area contributed by atoms with E-state index >= 15 is 0 Å². The summed E-state index contributed by atoms with van der Waals surface area (Å²) in [4.78, 5) is 17.1. The van der Waals surface area contributed by atoms with Gasteiger partial charge in [-0.05, 0) is 19.5 Å². The SMILES string of the molecule is CC(CN1CCCN(CCO)CC1)C(=O)c1ccccc1. The number of nitrogens with zero attached hydrogens (tertiary/aromatic N) is 2. The Hall–Kier alpha value is -1.23. The quantitative estimate of drug-likeness (QED) is 0.807. The molecular weight excluding hydrogens is 264 g/mol. The standard InChI is InChI=1S/C17H26N2O2/c1-15(17(21)16-6-3-2-4-7-16)14-19-9-5-8-18(10-11-19)12-13-20/h2-4,6-7,15,20H,5,8-14H2,1H3. The number of hydrogen-bond donors (Lipinski definition) is 1. The second kappa shape index (κ2) is 8.27. The number of β-amino-alcohol motifs (C(OH)–C–C–N with tert-alkyl or cyclic N) is 1. The van der Waals surface area contributed by atoms with Gasteiger partial charge in [0.15, 0.2) is 5.78 Å². The third-order valence-electron chi connectivity index (χ3n) is 4.14. The zero-order valence-electron chi connectivity index (χ0n) is 12.9. The van der Waals surface area contributed by atoms with Crippen LogP contribution in [0.2, 0.25) is 0 Å². The van der Waals surface area contributed by atoms with E-state index in [4.69, 9.17) is 5.11 Å². The summed E-state index contributed by atoms with van der Waals surface area (Å²) in [6, 6.07) is 9.55. The number of benzene rings is 1. The number of aliphatic hydroxyl groups is 1. The number of hydrogen-bond acceptors (Lipinski definition) is 4. The van der Waals surface area contributed by atoms with Crippen LogP contribution < -0.4 is 0 Å². The van der Waals surface area contributed by atoms with Crippen molar-refractivity contribution >= 4 is 5.78 Å². The van der Waals surface area contributed by atoms with Gasteiger partial charge in [0.2, 0.25) is 0 Å². The Labute approximate surface area is 127 Å². The molecule has 1 aliphatic heterocycles. The zero-order valence-corrected chi connectivity index (χ0v) is 12.9. The fourth-order valence-corrected chi connectivity index (χ4v) is 2.93. The van der Waals surface area contributed by atoms with Gasteiger partial charge in [0.25, 0.3) is 0 Å². The number of ketones is 1. The fourth-order valence-electron chi connectivity index (χ4n) is 2.93. The van der Waals surface area contributed by atoms with Gasteiger partial charge < -0.3 is 10.0 Å². The van der Waals surface area contributed by atoms with E-state index in [1.54, 1.807) is 0 Å². The van der Waals surface area contributed by atoms with Crippen molar-refractivity contribution in [3.8, 4) is 0 Å². The second-order valence-corrected chi connectivity index (χ2v) is 5.85. The molecule has 1 aromatic carbocycles. The summed E-state index contributed by atoms with van der Waals surface area (Å²) >= 11 is 0. The zero-order chi connectivity index (χ0) is 15.1. The highest BCUT2D eigenvalue weighted by Gasteiger charge is 2.20.